The Balaban J connectivity index is 1.78. The summed E-state index contributed by atoms with van der Waals surface area (Å²) in [6.07, 6.45) is 1.62. The number of nitrogens with zero attached hydrogens (tertiary/aromatic N) is 4. The van der Waals surface area contributed by atoms with Crippen molar-refractivity contribution < 1.29 is 13.9 Å². The van der Waals surface area contributed by atoms with E-state index in [0.717, 1.165) is 5.56 Å². The van der Waals surface area contributed by atoms with Crippen LogP contribution in [-0.4, -0.2) is 45.0 Å². The number of carbonyl (C=O) groups is 1. The van der Waals surface area contributed by atoms with Gasteiger partial charge in [0.2, 0.25) is 0 Å². The average molecular weight is 513 g/mol. The standard InChI is InChI=1S/C25H25FN4O3S2/c1-14-11-29(12-15(2)33-14)22-19(16(3)20(10-27)23(31)28(22)4)9-21-24(32)30(25(34)35-21)13-17-5-7-18(26)8-6-17/h5-9,14-15H,11-13H2,1-4H3/b21-9-/t14-,15-/m1/s1. The average Bonchev–Trinajstić information content (AvgIpc) is 3.06. The van der Waals surface area contributed by atoms with Gasteiger partial charge in [0, 0.05) is 25.7 Å². The van der Waals surface area contributed by atoms with E-state index in [1.165, 1.54) is 33.4 Å². The minimum absolute atomic E-state index is 0.0404. The number of carbonyl (C=O) groups excluding carboxylic acids is 1. The Morgan fingerprint density at radius 3 is 2.46 bits per heavy atom. The number of aromatic nitrogens is 1. The summed E-state index contributed by atoms with van der Waals surface area (Å²) in [5.41, 5.74) is 1.56. The number of thioether (sulfide) groups is 1. The highest BCUT2D eigenvalue weighted by Gasteiger charge is 2.34. The maximum Gasteiger partial charge on any atom is 0.270 e. The van der Waals surface area contributed by atoms with E-state index < -0.39 is 0 Å². The lowest BCUT2D eigenvalue weighted by molar-refractivity contribution is -0.122. The number of hydrogen-bond acceptors (Lipinski definition) is 7. The summed E-state index contributed by atoms with van der Waals surface area (Å²) < 4.78 is 21.0. The van der Waals surface area contributed by atoms with Crippen molar-refractivity contribution in [1.82, 2.24) is 9.47 Å². The predicted octanol–water partition coefficient (Wildman–Crippen LogP) is 3.72. The molecule has 0 unspecified atom stereocenters. The highest BCUT2D eigenvalue weighted by molar-refractivity contribution is 8.26. The molecule has 0 radical (unpaired) electrons. The van der Waals surface area contributed by atoms with Gasteiger partial charge in [-0.2, -0.15) is 5.26 Å². The third kappa shape index (κ3) is 4.89. The third-order valence-electron chi connectivity index (χ3n) is 6.09. The van der Waals surface area contributed by atoms with Crippen LogP contribution in [0.4, 0.5) is 10.2 Å². The number of pyridine rings is 1. The van der Waals surface area contributed by atoms with Crippen molar-refractivity contribution in [3.63, 3.8) is 0 Å². The minimum atomic E-state index is -0.382. The molecule has 2 aliphatic rings. The van der Waals surface area contributed by atoms with E-state index in [9.17, 15) is 19.2 Å². The van der Waals surface area contributed by atoms with Crippen molar-refractivity contribution in [3.05, 3.63) is 67.6 Å². The molecule has 10 heteroatoms. The molecule has 2 atom stereocenters. The zero-order valence-electron chi connectivity index (χ0n) is 19.9. The van der Waals surface area contributed by atoms with Crippen LogP contribution in [0, 0.1) is 24.1 Å². The molecule has 1 amide bonds. The molecule has 182 valence electrons. The molecule has 2 fully saturated rings. The van der Waals surface area contributed by atoms with E-state index in [2.05, 4.69) is 4.90 Å². The summed E-state index contributed by atoms with van der Waals surface area (Å²) in [5, 5.41) is 9.67. The summed E-state index contributed by atoms with van der Waals surface area (Å²) >= 11 is 6.64. The molecule has 0 aliphatic carbocycles. The molecule has 0 saturated carbocycles. The maximum atomic E-state index is 13.3. The van der Waals surface area contributed by atoms with Gasteiger partial charge in [-0.1, -0.05) is 36.1 Å². The van der Waals surface area contributed by atoms with Crippen LogP contribution >= 0.6 is 24.0 Å². The van der Waals surface area contributed by atoms with Crippen LogP contribution in [0.3, 0.4) is 0 Å². The molecule has 4 rings (SSSR count). The Hall–Kier alpha value is -3.00. The van der Waals surface area contributed by atoms with Crippen LogP contribution in [-0.2, 0) is 23.1 Å². The van der Waals surface area contributed by atoms with Crippen LogP contribution < -0.4 is 10.5 Å². The second kappa shape index (κ2) is 9.93. The van der Waals surface area contributed by atoms with Crippen molar-refractivity contribution in [3.8, 4) is 6.07 Å². The first-order valence-electron chi connectivity index (χ1n) is 11.1. The second-order valence-corrected chi connectivity index (χ2v) is 10.4. The van der Waals surface area contributed by atoms with Crippen molar-refractivity contribution in [1.29, 1.82) is 5.26 Å². The van der Waals surface area contributed by atoms with Gasteiger partial charge in [0.15, 0.2) is 0 Å². The molecule has 0 bridgehead atoms. The fourth-order valence-electron chi connectivity index (χ4n) is 4.48. The molecule has 7 nitrogen and oxygen atoms in total. The fraction of sp³-hybridized carbons (Fsp3) is 0.360. The maximum absolute atomic E-state index is 13.3. The van der Waals surface area contributed by atoms with Gasteiger partial charge in [0.1, 0.15) is 27.6 Å². The first-order valence-corrected chi connectivity index (χ1v) is 12.4. The zero-order valence-corrected chi connectivity index (χ0v) is 21.5. The van der Waals surface area contributed by atoms with Crippen molar-refractivity contribution in [2.75, 3.05) is 18.0 Å². The summed E-state index contributed by atoms with van der Waals surface area (Å²) in [7, 11) is 1.64. The van der Waals surface area contributed by atoms with E-state index in [-0.39, 0.29) is 41.6 Å². The Labute approximate surface area is 212 Å². The number of rotatable bonds is 4. The molecule has 3 heterocycles. The van der Waals surface area contributed by atoms with E-state index in [1.807, 2.05) is 19.9 Å². The Kier molecular flexibility index (Phi) is 7.12. The van der Waals surface area contributed by atoms with Gasteiger partial charge < -0.3 is 9.64 Å². The second-order valence-electron chi connectivity index (χ2n) is 8.77. The predicted molar refractivity (Wildman–Crippen MR) is 138 cm³/mol. The molecule has 0 N–H and O–H groups in total. The van der Waals surface area contributed by atoms with Gasteiger partial charge >= 0.3 is 0 Å². The quantitative estimate of drug-likeness (QED) is 0.456. The molecular weight excluding hydrogens is 487 g/mol. The highest BCUT2D eigenvalue weighted by atomic mass is 32.2. The van der Waals surface area contributed by atoms with Crippen LogP contribution in [0.1, 0.15) is 36.1 Å². The van der Waals surface area contributed by atoms with Crippen molar-refractivity contribution in [2.45, 2.75) is 39.5 Å². The number of amides is 1. The molecule has 1 aromatic heterocycles. The lowest BCUT2D eigenvalue weighted by Crippen LogP contribution is -2.47. The number of halogens is 1. The molecular formula is C25H25FN4O3S2. The van der Waals surface area contributed by atoms with Crippen LogP contribution in [0.15, 0.2) is 34.0 Å². The minimum Gasteiger partial charge on any atom is -0.372 e. The smallest absolute Gasteiger partial charge is 0.270 e. The first kappa shape index (κ1) is 25.1. The monoisotopic (exact) mass is 512 g/mol. The van der Waals surface area contributed by atoms with E-state index in [1.54, 1.807) is 32.2 Å². The molecule has 0 spiro atoms. The van der Waals surface area contributed by atoms with Gasteiger partial charge in [0.25, 0.3) is 11.5 Å². The summed E-state index contributed by atoms with van der Waals surface area (Å²) in [4.78, 5) is 30.2. The molecule has 2 aliphatic heterocycles. The topological polar surface area (TPSA) is 78.6 Å². The van der Waals surface area contributed by atoms with Crippen molar-refractivity contribution >= 4 is 46.1 Å². The van der Waals surface area contributed by atoms with E-state index >= 15 is 0 Å². The lowest BCUT2D eigenvalue weighted by atomic mass is 10.0. The number of benzene rings is 1. The Morgan fingerprint density at radius 2 is 1.86 bits per heavy atom. The molecule has 35 heavy (non-hydrogen) atoms. The van der Waals surface area contributed by atoms with E-state index in [0.29, 0.717) is 39.3 Å². The Bertz CT molecular complexity index is 1320. The van der Waals surface area contributed by atoms with Gasteiger partial charge in [0.05, 0.1) is 23.7 Å². The number of ether oxygens (including phenoxy) is 1. The van der Waals surface area contributed by atoms with Crippen LogP contribution in [0.5, 0.6) is 0 Å². The molecule has 2 saturated heterocycles. The highest BCUT2D eigenvalue weighted by Crippen LogP contribution is 2.37. The summed E-state index contributed by atoms with van der Waals surface area (Å²) in [6.45, 7) is 7.02. The number of anilines is 1. The van der Waals surface area contributed by atoms with Gasteiger partial charge in [-0.15, -0.1) is 0 Å². The zero-order chi connectivity index (χ0) is 25.4. The number of morpholine rings is 1. The van der Waals surface area contributed by atoms with E-state index in [4.69, 9.17) is 17.0 Å². The number of thiocarbonyl (C=S) groups is 1. The van der Waals surface area contributed by atoms with Gasteiger partial charge in [-0.25, -0.2) is 4.39 Å². The van der Waals surface area contributed by atoms with Crippen molar-refractivity contribution in [2.24, 2.45) is 7.05 Å². The van der Waals surface area contributed by atoms with Crippen LogP contribution in [0.2, 0.25) is 0 Å². The molecule has 1 aromatic carbocycles. The molecule has 2 aromatic rings. The fourth-order valence-corrected chi connectivity index (χ4v) is 5.72. The Morgan fingerprint density at radius 1 is 1.23 bits per heavy atom. The number of hydrogen-bond donors (Lipinski definition) is 0. The number of nitriles is 1. The summed E-state index contributed by atoms with van der Waals surface area (Å²) in [5.74, 6) is 0.0137. The lowest BCUT2D eigenvalue weighted by Gasteiger charge is -2.38. The van der Waals surface area contributed by atoms with Gasteiger partial charge in [-0.3, -0.25) is 19.1 Å². The SMILES string of the molecule is Cc1c(/C=C2\SC(=S)N(Cc3ccc(F)cc3)C2=O)c(N2C[C@@H](C)O[C@H](C)C2)n(C)c(=O)c1C#N. The first-order chi connectivity index (χ1) is 16.6. The van der Waals surface area contributed by atoms with Gasteiger partial charge in [-0.05, 0) is 50.1 Å². The van der Waals surface area contributed by atoms with Crippen LogP contribution in [0.25, 0.3) is 6.08 Å². The normalized spacial score (nSPS) is 21.7. The largest absolute Gasteiger partial charge is 0.372 e. The summed E-state index contributed by atoms with van der Waals surface area (Å²) in [6, 6.07) is 7.94. The third-order valence-corrected chi connectivity index (χ3v) is 7.47.